The van der Waals surface area contributed by atoms with Crippen LogP contribution in [0.3, 0.4) is 0 Å². The molecule has 4 aromatic rings. The molecule has 9 heteroatoms. The maximum absolute atomic E-state index is 13.1. The number of amidine groups is 2. The summed E-state index contributed by atoms with van der Waals surface area (Å²) in [5.74, 6) is 0.337. The van der Waals surface area contributed by atoms with E-state index < -0.39 is 5.91 Å². The minimum atomic E-state index is -0.444. The van der Waals surface area contributed by atoms with Gasteiger partial charge in [0.15, 0.2) is 5.84 Å². The Morgan fingerprint density at radius 1 is 1.05 bits per heavy atom. The summed E-state index contributed by atoms with van der Waals surface area (Å²) in [6.45, 7) is 5.03. The number of halogens is 1. The quantitative estimate of drug-likeness (QED) is 0.271. The Kier molecular flexibility index (Phi) is 6.58. The van der Waals surface area contributed by atoms with Crippen LogP contribution in [0.2, 0.25) is 5.02 Å². The van der Waals surface area contributed by atoms with Crippen LogP contribution < -0.4 is 4.74 Å². The number of aryl methyl sites for hydroxylation is 1. The van der Waals surface area contributed by atoms with Gasteiger partial charge in [-0.2, -0.15) is 15.1 Å². The predicted octanol–water partition coefficient (Wildman–Crippen LogP) is 6.66. The van der Waals surface area contributed by atoms with E-state index in [1.165, 1.54) is 16.8 Å². The second-order valence-corrected chi connectivity index (χ2v) is 10.6. The van der Waals surface area contributed by atoms with Gasteiger partial charge in [0, 0.05) is 32.7 Å². The molecule has 0 radical (unpaired) electrons. The highest BCUT2D eigenvalue weighted by molar-refractivity contribution is 8.27. The molecular weight excluding hydrogens is 530 g/mol. The first-order valence-corrected chi connectivity index (χ1v) is 13.6. The fraction of sp³-hybridized carbons (Fsp3) is 0.133. The van der Waals surface area contributed by atoms with Crippen LogP contribution in [0.4, 0.5) is 0 Å². The number of amides is 1. The van der Waals surface area contributed by atoms with Gasteiger partial charge in [-0.1, -0.05) is 60.1 Å². The van der Waals surface area contributed by atoms with Gasteiger partial charge in [-0.15, -0.1) is 0 Å². The number of nitrogens with zero attached hydrogens (tertiary/aromatic N) is 4. The first-order chi connectivity index (χ1) is 18.9. The number of aromatic nitrogens is 1. The first-order valence-electron chi connectivity index (χ1n) is 12.4. The molecule has 7 nitrogen and oxygen atoms in total. The monoisotopic (exact) mass is 553 g/mol. The van der Waals surface area contributed by atoms with Gasteiger partial charge in [0.1, 0.15) is 17.4 Å². The Bertz CT molecular complexity index is 1740. The average molecular weight is 554 g/mol. The van der Waals surface area contributed by atoms with Gasteiger partial charge in [0.25, 0.3) is 5.91 Å². The highest BCUT2D eigenvalue weighted by Crippen LogP contribution is 2.33. The molecule has 3 aromatic carbocycles. The molecule has 2 aliphatic rings. The molecule has 2 aliphatic heterocycles. The number of hydrogen-bond acceptors (Lipinski definition) is 5. The van der Waals surface area contributed by atoms with Crippen LogP contribution >= 0.6 is 23.4 Å². The van der Waals surface area contributed by atoms with Crippen LogP contribution in [-0.2, 0) is 11.3 Å². The lowest BCUT2D eigenvalue weighted by molar-refractivity contribution is -0.114. The first kappa shape index (κ1) is 25.2. The van der Waals surface area contributed by atoms with Crippen molar-refractivity contribution in [3.8, 4) is 5.75 Å². The zero-order valence-electron chi connectivity index (χ0n) is 21.3. The summed E-state index contributed by atoms with van der Waals surface area (Å²) in [7, 11) is 0. The van der Waals surface area contributed by atoms with Gasteiger partial charge in [-0.25, -0.2) is 0 Å². The molecule has 0 unspecified atom stereocenters. The van der Waals surface area contributed by atoms with Crippen molar-refractivity contribution < 1.29 is 9.53 Å². The van der Waals surface area contributed by atoms with Gasteiger partial charge >= 0.3 is 0 Å². The predicted molar refractivity (Wildman–Crippen MR) is 159 cm³/mol. The largest absolute Gasteiger partial charge is 0.492 e. The average Bonchev–Trinajstić information content (AvgIpc) is 3.48. The standard InChI is InChI=1S/C30H24ClN5O2S/c1-18-16-21(12-13-25(18)31)38-15-14-35-19(2)23(22-10-6-7-11-26(22)35)17-24-27(32)36-30(33-28(24)37)39-29(34-36)20-8-4-3-5-9-20/h3-13,16-17,32H,14-15H2,1-2H3/b24-17-,32-27?. The summed E-state index contributed by atoms with van der Waals surface area (Å²) >= 11 is 7.44. The minimum absolute atomic E-state index is 0.0149. The van der Waals surface area contributed by atoms with Crippen LogP contribution in [0.1, 0.15) is 22.4 Å². The zero-order chi connectivity index (χ0) is 27.1. The molecule has 194 valence electrons. The summed E-state index contributed by atoms with van der Waals surface area (Å²) in [4.78, 5) is 17.4. The lowest BCUT2D eigenvalue weighted by atomic mass is 10.1. The third-order valence-corrected chi connectivity index (χ3v) is 8.14. The van der Waals surface area contributed by atoms with E-state index in [9.17, 15) is 4.79 Å². The molecule has 39 heavy (non-hydrogen) atoms. The zero-order valence-corrected chi connectivity index (χ0v) is 22.9. The summed E-state index contributed by atoms with van der Waals surface area (Å²) in [5, 5.41) is 17.7. The molecule has 3 heterocycles. The Morgan fingerprint density at radius 2 is 1.82 bits per heavy atom. The van der Waals surface area contributed by atoms with Crippen molar-refractivity contribution in [3.05, 3.63) is 106 Å². The second kappa shape index (κ2) is 10.2. The van der Waals surface area contributed by atoms with Gasteiger partial charge in [0.05, 0.1) is 12.1 Å². The normalized spacial score (nSPS) is 16.1. The Hall–Kier alpha value is -4.14. The van der Waals surface area contributed by atoms with Crippen molar-refractivity contribution >= 4 is 62.3 Å². The van der Waals surface area contributed by atoms with E-state index >= 15 is 0 Å². The number of carbonyl (C=O) groups is 1. The number of hydrogen-bond donors (Lipinski definition) is 1. The van der Waals surface area contributed by atoms with Gasteiger partial charge in [-0.05, 0) is 61.5 Å². The lowest BCUT2D eigenvalue weighted by Gasteiger charge is -2.20. The van der Waals surface area contributed by atoms with Crippen molar-refractivity contribution in [3.63, 3.8) is 0 Å². The molecule has 0 aliphatic carbocycles. The summed E-state index contributed by atoms with van der Waals surface area (Å²) in [6.07, 6.45) is 1.77. The molecule has 1 amide bonds. The van der Waals surface area contributed by atoms with Crippen molar-refractivity contribution in [1.29, 1.82) is 5.41 Å². The molecule has 0 saturated carbocycles. The topological polar surface area (TPSA) is 83.0 Å². The number of nitrogens with one attached hydrogen (secondary N) is 1. The van der Waals surface area contributed by atoms with Gasteiger partial charge in [-0.3, -0.25) is 10.2 Å². The van der Waals surface area contributed by atoms with Crippen LogP contribution in [0.25, 0.3) is 17.0 Å². The number of hydrazone groups is 1. The number of carbonyl (C=O) groups excluding carboxylic acids is 1. The number of ether oxygens (including phenoxy) is 1. The second-order valence-electron chi connectivity index (χ2n) is 9.22. The molecule has 0 saturated heterocycles. The minimum Gasteiger partial charge on any atom is -0.492 e. The SMILES string of the molecule is Cc1cc(OCCn2c(C)c(/C=C3/C(=N)N4N=C(c5ccccc5)SC4=NC3=O)c3ccccc32)ccc1Cl. The highest BCUT2D eigenvalue weighted by Gasteiger charge is 2.36. The third kappa shape index (κ3) is 4.66. The van der Waals surface area contributed by atoms with Gasteiger partial charge in [0.2, 0.25) is 5.17 Å². The van der Waals surface area contributed by atoms with E-state index in [1.807, 2.05) is 80.6 Å². The Balaban J connectivity index is 1.31. The van der Waals surface area contributed by atoms with E-state index in [0.717, 1.165) is 39.0 Å². The maximum atomic E-state index is 13.1. The van der Waals surface area contributed by atoms with Crippen LogP contribution in [0.15, 0.2) is 88.5 Å². The number of thioether (sulfide) groups is 1. The van der Waals surface area contributed by atoms with Crippen LogP contribution in [0.5, 0.6) is 5.75 Å². The highest BCUT2D eigenvalue weighted by atomic mass is 35.5. The number of aliphatic imine (C=N–C) groups is 1. The molecule has 1 N–H and O–H groups in total. The van der Waals surface area contributed by atoms with Crippen molar-refractivity contribution in [2.75, 3.05) is 6.61 Å². The maximum Gasteiger partial charge on any atom is 0.283 e. The summed E-state index contributed by atoms with van der Waals surface area (Å²) in [6, 6.07) is 23.4. The molecule has 1 aromatic heterocycles. The fourth-order valence-corrected chi connectivity index (χ4v) is 5.74. The van der Waals surface area contributed by atoms with E-state index in [-0.39, 0.29) is 11.4 Å². The number of fused-ring (bicyclic) bond motifs is 2. The van der Waals surface area contributed by atoms with Crippen molar-refractivity contribution in [1.82, 2.24) is 9.58 Å². The van der Waals surface area contributed by atoms with Gasteiger partial charge < -0.3 is 9.30 Å². The van der Waals surface area contributed by atoms with E-state index in [4.69, 9.17) is 21.7 Å². The molecule has 0 spiro atoms. The summed E-state index contributed by atoms with van der Waals surface area (Å²) in [5.41, 5.74) is 4.96. The Morgan fingerprint density at radius 3 is 2.62 bits per heavy atom. The van der Waals surface area contributed by atoms with E-state index in [1.54, 1.807) is 6.08 Å². The molecule has 0 bridgehead atoms. The summed E-state index contributed by atoms with van der Waals surface area (Å²) < 4.78 is 8.19. The molecule has 0 atom stereocenters. The van der Waals surface area contributed by atoms with E-state index in [2.05, 4.69) is 20.7 Å². The van der Waals surface area contributed by atoms with Crippen LogP contribution in [-0.4, -0.2) is 38.1 Å². The fourth-order valence-electron chi connectivity index (χ4n) is 4.72. The van der Waals surface area contributed by atoms with Crippen molar-refractivity contribution in [2.45, 2.75) is 20.4 Å². The smallest absolute Gasteiger partial charge is 0.283 e. The van der Waals surface area contributed by atoms with E-state index in [0.29, 0.717) is 28.4 Å². The lowest BCUT2D eigenvalue weighted by Crippen LogP contribution is -2.35. The third-order valence-electron chi connectivity index (χ3n) is 6.76. The number of para-hydroxylation sites is 1. The number of benzene rings is 3. The Labute approximate surface area is 235 Å². The van der Waals surface area contributed by atoms with Crippen LogP contribution in [0, 0.1) is 19.3 Å². The molecule has 0 fully saturated rings. The number of rotatable bonds is 6. The van der Waals surface area contributed by atoms with Crippen molar-refractivity contribution in [2.24, 2.45) is 10.1 Å². The molecule has 6 rings (SSSR count). The molecular formula is C30H24ClN5O2S.